The summed E-state index contributed by atoms with van der Waals surface area (Å²) in [7, 11) is 0. The number of nitrogens with zero attached hydrogens (tertiary/aromatic N) is 1. The molecule has 4 heteroatoms. The molecule has 0 aliphatic heterocycles. The van der Waals surface area contributed by atoms with Crippen molar-refractivity contribution < 1.29 is 0 Å². The Balaban J connectivity index is 1.83. The lowest BCUT2D eigenvalue weighted by molar-refractivity contribution is 0.912. The fraction of sp³-hybridized carbons (Fsp3) is 0.400. The van der Waals surface area contributed by atoms with E-state index in [-0.39, 0.29) is 0 Å². The average molecular weight is 275 g/mol. The first-order valence-electron chi connectivity index (χ1n) is 6.67. The van der Waals surface area contributed by atoms with Crippen LogP contribution in [0, 0.1) is 0 Å². The molecule has 1 aromatic carbocycles. The number of benzene rings is 1. The Morgan fingerprint density at radius 3 is 3.11 bits per heavy atom. The minimum atomic E-state index is 0.497. The molecule has 0 aromatic heterocycles. The molecular formula is C15H21N3S. The fourth-order valence-corrected chi connectivity index (χ4v) is 2.79. The third-order valence-corrected chi connectivity index (χ3v) is 4.07. The molecule has 0 unspecified atom stereocenters. The Hall–Kier alpha value is -1.42. The van der Waals surface area contributed by atoms with Crippen LogP contribution in [0.15, 0.2) is 35.8 Å². The van der Waals surface area contributed by atoms with Crippen LogP contribution < -0.4 is 11.1 Å². The maximum atomic E-state index is 5.88. The molecule has 3 nitrogen and oxygen atoms in total. The molecule has 0 spiro atoms. The molecule has 102 valence electrons. The van der Waals surface area contributed by atoms with Crippen molar-refractivity contribution in [1.82, 2.24) is 0 Å². The normalized spacial score (nSPS) is 14.2. The molecule has 19 heavy (non-hydrogen) atoms. The summed E-state index contributed by atoms with van der Waals surface area (Å²) in [5.41, 5.74) is 9.84. The van der Waals surface area contributed by atoms with Crippen molar-refractivity contribution >= 4 is 23.4 Å². The number of anilines is 1. The lowest BCUT2D eigenvalue weighted by Crippen LogP contribution is -2.23. The van der Waals surface area contributed by atoms with Crippen LogP contribution in [-0.2, 0) is 12.8 Å². The van der Waals surface area contributed by atoms with Gasteiger partial charge in [-0.25, -0.2) is 0 Å². The Kier molecular flexibility index (Phi) is 5.33. The molecule has 1 aliphatic rings. The molecule has 2 rings (SSSR count). The van der Waals surface area contributed by atoms with Gasteiger partial charge in [0.25, 0.3) is 0 Å². The molecule has 0 fully saturated rings. The number of hydrogen-bond donors (Lipinski definition) is 2. The van der Waals surface area contributed by atoms with E-state index in [1.165, 1.54) is 30.4 Å². The average Bonchev–Trinajstić information content (AvgIpc) is 2.86. The number of aliphatic imine (C=N–C) groups is 1. The van der Waals surface area contributed by atoms with Gasteiger partial charge in [0.1, 0.15) is 0 Å². The minimum Gasteiger partial charge on any atom is -0.370 e. The van der Waals surface area contributed by atoms with Gasteiger partial charge in [0, 0.05) is 17.2 Å². The van der Waals surface area contributed by atoms with Gasteiger partial charge in [-0.15, -0.1) is 6.58 Å². The number of hydrogen-bond acceptors (Lipinski definition) is 2. The summed E-state index contributed by atoms with van der Waals surface area (Å²) in [6, 6.07) is 6.47. The molecule has 1 aliphatic carbocycles. The van der Waals surface area contributed by atoms with Crippen LogP contribution in [-0.4, -0.2) is 24.0 Å². The Morgan fingerprint density at radius 1 is 1.42 bits per heavy atom. The van der Waals surface area contributed by atoms with E-state index in [2.05, 4.69) is 35.1 Å². The van der Waals surface area contributed by atoms with Crippen molar-refractivity contribution in [2.24, 2.45) is 10.7 Å². The summed E-state index contributed by atoms with van der Waals surface area (Å²) in [4.78, 5) is 4.31. The molecule has 1 aromatic rings. The van der Waals surface area contributed by atoms with Crippen LogP contribution in [0.5, 0.6) is 0 Å². The van der Waals surface area contributed by atoms with Gasteiger partial charge in [-0.05, 0) is 42.5 Å². The zero-order valence-corrected chi connectivity index (χ0v) is 12.0. The van der Waals surface area contributed by atoms with Gasteiger partial charge in [-0.1, -0.05) is 12.1 Å². The predicted molar refractivity (Wildman–Crippen MR) is 86.1 cm³/mol. The third kappa shape index (κ3) is 4.31. The summed E-state index contributed by atoms with van der Waals surface area (Å²) in [6.45, 7) is 4.42. The summed E-state index contributed by atoms with van der Waals surface area (Å²) >= 11 is 1.81. The van der Waals surface area contributed by atoms with Crippen molar-refractivity contribution in [2.45, 2.75) is 19.3 Å². The van der Waals surface area contributed by atoms with Crippen LogP contribution in [0.3, 0.4) is 0 Å². The number of nitrogens with one attached hydrogen (secondary N) is 1. The molecule has 0 amide bonds. The van der Waals surface area contributed by atoms with Crippen LogP contribution in [0.4, 0.5) is 5.69 Å². The minimum absolute atomic E-state index is 0.497. The SMILES string of the molecule is C=CCSCCN=C(N)Nc1ccc2c(c1)CCC2. The standard InChI is InChI=1S/C15H21N3S/c1-2-9-19-10-8-17-15(16)18-14-7-6-12-4-3-5-13(12)11-14/h2,6-7,11H,1,3-5,8-10H2,(H3,16,17,18). The van der Waals surface area contributed by atoms with Gasteiger partial charge in [0.15, 0.2) is 5.96 Å². The first-order chi connectivity index (χ1) is 9.29. The monoisotopic (exact) mass is 275 g/mol. The summed E-state index contributed by atoms with van der Waals surface area (Å²) in [5.74, 6) is 2.43. The van der Waals surface area contributed by atoms with Crippen LogP contribution in [0.2, 0.25) is 0 Å². The van der Waals surface area contributed by atoms with Gasteiger partial charge in [0.05, 0.1) is 6.54 Å². The second kappa shape index (κ2) is 7.24. The Labute approximate surface area is 119 Å². The van der Waals surface area contributed by atoms with E-state index in [1.807, 2.05) is 17.8 Å². The van der Waals surface area contributed by atoms with E-state index in [4.69, 9.17) is 5.73 Å². The second-order valence-corrected chi connectivity index (χ2v) is 5.74. The number of thioether (sulfide) groups is 1. The topological polar surface area (TPSA) is 50.4 Å². The van der Waals surface area contributed by atoms with Gasteiger partial charge in [-0.2, -0.15) is 11.8 Å². The van der Waals surface area contributed by atoms with Gasteiger partial charge in [-0.3, -0.25) is 4.99 Å². The van der Waals surface area contributed by atoms with Crippen molar-refractivity contribution in [3.8, 4) is 0 Å². The quantitative estimate of drug-likeness (QED) is 0.363. The molecule has 0 saturated carbocycles. The maximum absolute atomic E-state index is 5.88. The molecule has 0 bridgehead atoms. The maximum Gasteiger partial charge on any atom is 0.193 e. The van der Waals surface area contributed by atoms with Crippen molar-refractivity contribution in [1.29, 1.82) is 0 Å². The van der Waals surface area contributed by atoms with Crippen LogP contribution in [0.1, 0.15) is 17.5 Å². The Bertz CT molecular complexity index is 468. The number of guanidine groups is 1. The number of rotatable bonds is 6. The molecule has 0 radical (unpaired) electrons. The third-order valence-electron chi connectivity index (χ3n) is 3.12. The number of fused-ring (bicyclic) bond motifs is 1. The lowest BCUT2D eigenvalue weighted by Gasteiger charge is -2.07. The molecule has 0 heterocycles. The Morgan fingerprint density at radius 2 is 2.26 bits per heavy atom. The van der Waals surface area contributed by atoms with E-state index in [0.717, 1.165) is 23.7 Å². The zero-order valence-electron chi connectivity index (χ0n) is 11.2. The van der Waals surface area contributed by atoms with E-state index in [0.29, 0.717) is 5.96 Å². The van der Waals surface area contributed by atoms with Crippen LogP contribution >= 0.6 is 11.8 Å². The highest BCUT2D eigenvalue weighted by molar-refractivity contribution is 7.99. The van der Waals surface area contributed by atoms with Crippen molar-refractivity contribution in [3.05, 3.63) is 42.0 Å². The zero-order chi connectivity index (χ0) is 13.5. The second-order valence-electron chi connectivity index (χ2n) is 4.59. The van der Waals surface area contributed by atoms with E-state index in [1.54, 1.807) is 0 Å². The summed E-state index contributed by atoms with van der Waals surface area (Å²) < 4.78 is 0. The van der Waals surface area contributed by atoms with E-state index < -0.39 is 0 Å². The highest BCUT2D eigenvalue weighted by Crippen LogP contribution is 2.24. The van der Waals surface area contributed by atoms with Gasteiger partial charge < -0.3 is 11.1 Å². The van der Waals surface area contributed by atoms with Gasteiger partial charge in [0.2, 0.25) is 0 Å². The van der Waals surface area contributed by atoms with Crippen molar-refractivity contribution in [3.63, 3.8) is 0 Å². The summed E-state index contributed by atoms with van der Waals surface area (Å²) in [6.07, 6.45) is 5.56. The summed E-state index contributed by atoms with van der Waals surface area (Å²) in [5, 5.41) is 3.16. The number of nitrogens with two attached hydrogens (primary N) is 1. The molecule has 0 atom stereocenters. The molecular weight excluding hydrogens is 254 g/mol. The van der Waals surface area contributed by atoms with Crippen LogP contribution in [0.25, 0.3) is 0 Å². The van der Waals surface area contributed by atoms with E-state index >= 15 is 0 Å². The highest BCUT2D eigenvalue weighted by atomic mass is 32.2. The molecule has 0 saturated heterocycles. The lowest BCUT2D eigenvalue weighted by atomic mass is 10.1. The molecule has 3 N–H and O–H groups in total. The predicted octanol–water partition coefficient (Wildman–Crippen LogP) is 2.82. The number of aryl methyl sites for hydroxylation is 2. The first kappa shape index (κ1) is 14.0. The van der Waals surface area contributed by atoms with E-state index in [9.17, 15) is 0 Å². The smallest absolute Gasteiger partial charge is 0.193 e. The highest BCUT2D eigenvalue weighted by Gasteiger charge is 2.10. The van der Waals surface area contributed by atoms with Gasteiger partial charge >= 0.3 is 0 Å². The largest absolute Gasteiger partial charge is 0.370 e. The fourth-order valence-electron chi connectivity index (χ4n) is 2.23. The van der Waals surface area contributed by atoms with Crippen molar-refractivity contribution in [2.75, 3.05) is 23.4 Å². The first-order valence-corrected chi connectivity index (χ1v) is 7.82.